The summed E-state index contributed by atoms with van der Waals surface area (Å²) < 4.78 is 0.241. The molecular formula is C17H26IN3S. The van der Waals surface area contributed by atoms with E-state index in [1.807, 2.05) is 11.8 Å². The first-order valence-corrected chi connectivity index (χ1v) is 8.79. The van der Waals surface area contributed by atoms with E-state index in [9.17, 15) is 0 Å². The van der Waals surface area contributed by atoms with Crippen LogP contribution < -0.4 is 11.1 Å². The number of halogens is 1. The highest BCUT2D eigenvalue weighted by atomic mass is 127. The number of nitrogens with zero attached hydrogens (tertiary/aromatic N) is 1. The molecule has 0 bridgehead atoms. The number of aryl methyl sites for hydroxylation is 1. The van der Waals surface area contributed by atoms with Crippen molar-refractivity contribution < 1.29 is 0 Å². The van der Waals surface area contributed by atoms with Gasteiger partial charge in [-0.2, -0.15) is 0 Å². The van der Waals surface area contributed by atoms with E-state index in [0.717, 1.165) is 6.54 Å². The normalized spacial score (nSPS) is 20.5. The molecule has 1 aromatic rings. The zero-order valence-corrected chi connectivity index (χ0v) is 16.3. The molecule has 0 aromatic heterocycles. The van der Waals surface area contributed by atoms with Gasteiger partial charge in [0.1, 0.15) is 0 Å². The summed E-state index contributed by atoms with van der Waals surface area (Å²) in [4.78, 5) is 5.99. The SMILES string of the molecule is Cc1ccc(SC2(CN=C(N)NC3CC3)CCCC2)cc1.I. The third-order valence-electron chi connectivity index (χ3n) is 4.34. The van der Waals surface area contributed by atoms with Crippen LogP contribution in [-0.4, -0.2) is 23.3 Å². The lowest BCUT2D eigenvalue weighted by Gasteiger charge is -2.26. The second-order valence-electron chi connectivity index (χ2n) is 6.43. The van der Waals surface area contributed by atoms with E-state index in [2.05, 4.69) is 41.5 Å². The Labute approximate surface area is 154 Å². The molecule has 122 valence electrons. The number of benzene rings is 1. The van der Waals surface area contributed by atoms with Crippen molar-refractivity contribution in [1.82, 2.24) is 5.32 Å². The topological polar surface area (TPSA) is 50.4 Å². The Kier molecular flexibility index (Phi) is 6.44. The van der Waals surface area contributed by atoms with Gasteiger partial charge in [0.25, 0.3) is 0 Å². The third kappa shape index (κ3) is 5.05. The van der Waals surface area contributed by atoms with E-state index >= 15 is 0 Å². The van der Waals surface area contributed by atoms with E-state index in [1.54, 1.807) is 0 Å². The quantitative estimate of drug-likeness (QED) is 0.420. The lowest BCUT2D eigenvalue weighted by Crippen LogP contribution is -2.35. The molecule has 1 aromatic carbocycles. The van der Waals surface area contributed by atoms with Gasteiger partial charge in [0, 0.05) is 15.7 Å². The number of hydrogen-bond acceptors (Lipinski definition) is 2. The highest BCUT2D eigenvalue weighted by Crippen LogP contribution is 2.45. The average Bonchev–Trinajstić information content (AvgIpc) is 3.16. The van der Waals surface area contributed by atoms with Crippen LogP contribution in [0.1, 0.15) is 44.1 Å². The fourth-order valence-corrected chi connectivity index (χ4v) is 4.27. The number of guanidine groups is 1. The van der Waals surface area contributed by atoms with Crippen LogP contribution in [0.4, 0.5) is 0 Å². The molecule has 0 heterocycles. The number of nitrogens with one attached hydrogen (secondary N) is 1. The van der Waals surface area contributed by atoms with E-state index in [1.165, 1.54) is 49.0 Å². The van der Waals surface area contributed by atoms with Crippen molar-refractivity contribution in [2.45, 2.75) is 61.1 Å². The van der Waals surface area contributed by atoms with Gasteiger partial charge in [0.2, 0.25) is 0 Å². The van der Waals surface area contributed by atoms with Crippen LogP contribution in [0.3, 0.4) is 0 Å². The molecule has 2 saturated carbocycles. The zero-order valence-electron chi connectivity index (χ0n) is 13.2. The summed E-state index contributed by atoms with van der Waals surface area (Å²) in [6.45, 7) is 2.96. The van der Waals surface area contributed by atoms with Crippen molar-refractivity contribution in [3.8, 4) is 0 Å². The van der Waals surface area contributed by atoms with Crippen LogP contribution in [0.5, 0.6) is 0 Å². The van der Waals surface area contributed by atoms with E-state index < -0.39 is 0 Å². The van der Waals surface area contributed by atoms with Gasteiger partial charge in [-0.25, -0.2) is 0 Å². The van der Waals surface area contributed by atoms with Crippen molar-refractivity contribution in [2.24, 2.45) is 10.7 Å². The Morgan fingerprint density at radius 1 is 1.27 bits per heavy atom. The summed E-state index contributed by atoms with van der Waals surface area (Å²) in [6.07, 6.45) is 7.57. The Bertz CT molecular complexity index is 505. The molecule has 3 nitrogen and oxygen atoms in total. The van der Waals surface area contributed by atoms with Crippen LogP contribution in [0.25, 0.3) is 0 Å². The maximum atomic E-state index is 5.99. The molecule has 3 N–H and O–H groups in total. The second-order valence-corrected chi connectivity index (χ2v) is 7.97. The molecular weight excluding hydrogens is 405 g/mol. The van der Waals surface area contributed by atoms with E-state index in [-0.39, 0.29) is 28.7 Å². The van der Waals surface area contributed by atoms with Crippen molar-refractivity contribution >= 4 is 41.7 Å². The zero-order chi connectivity index (χ0) is 14.7. The van der Waals surface area contributed by atoms with Crippen LogP contribution in [0.2, 0.25) is 0 Å². The molecule has 2 aliphatic carbocycles. The average molecular weight is 431 g/mol. The fourth-order valence-electron chi connectivity index (χ4n) is 2.88. The number of hydrogen-bond donors (Lipinski definition) is 2. The standard InChI is InChI=1S/C17H25N3S.HI/c1-13-4-8-15(9-5-13)21-17(10-2-3-11-17)12-19-16(18)20-14-6-7-14;/h4-5,8-9,14H,2-3,6-7,10-12H2,1H3,(H3,18,19,20);1H. The van der Waals surface area contributed by atoms with E-state index in [0.29, 0.717) is 12.0 Å². The minimum Gasteiger partial charge on any atom is -0.370 e. The van der Waals surface area contributed by atoms with Crippen LogP contribution in [0, 0.1) is 6.92 Å². The Morgan fingerprint density at radius 3 is 2.50 bits per heavy atom. The fraction of sp³-hybridized carbons (Fsp3) is 0.588. The first-order valence-electron chi connectivity index (χ1n) is 7.97. The monoisotopic (exact) mass is 431 g/mol. The highest BCUT2D eigenvalue weighted by molar-refractivity contribution is 14.0. The van der Waals surface area contributed by atoms with Crippen LogP contribution in [0.15, 0.2) is 34.2 Å². The van der Waals surface area contributed by atoms with Gasteiger partial charge in [0.05, 0.1) is 6.54 Å². The smallest absolute Gasteiger partial charge is 0.188 e. The third-order valence-corrected chi connectivity index (χ3v) is 5.82. The summed E-state index contributed by atoms with van der Waals surface area (Å²) in [5, 5.41) is 3.28. The molecule has 0 unspecified atom stereocenters. The first kappa shape index (κ1) is 17.9. The maximum absolute atomic E-state index is 5.99. The first-order chi connectivity index (χ1) is 10.2. The summed E-state index contributed by atoms with van der Waals surface area (Å²) >= 11 is 1.99. The van der Waals surface area contributed by atoms with Crippen LogP contribution >= 0.6 is 35.7 Å². The predicted molar refractivity (Wildman–Crippen MR) is 106 cm³/mol. The molecule has 2 aliphatic rings. The molecule has 22 heavy (non-hydrogen) atoms. The van der Waals surface area contributed by atoms with Crippen molar-refractivity contribution in [3.63, 3.8) is 0 Å². The predicted octanol–water partition coefficient (Wildman–Crippen LogP) is 4.08. The molecule has 3 rings (SSSR count). The minimum atomic E-state index is 0. The van der Waals surface area contributed by atoms with Gasteiger partial charge >= 0.3 is 0 Å². The van der Waals surface area contributed by atoms with E-state index in [4.69, 9.17) is 5.73 Å². The molecule has 0 radical (unpaired) electrons. The minimum absolute atomic E-state index is 0. The van der Waals surface area contributed by atoms with Gasteiger partial charge in [-0.3, -0.25) is 4.99 Å². The molecule has 0 aliphatic heterocycles. The van der Waals surface area contributed by atoms with Crippen molar-refractivity contribution in [2.75, 3.05) is 6.54 Å². The number of rotatable bonds is 5. The Balaban J connectivity index is 0.00000176. The van der Waals surface area contributed by atoms with Gasteiger partial charge in [-0.15, -0.1) is 35.7 Å². The maximum Gasteiger partial charge on any atom is 0.188 e. The molecule has 0 spiro atoms. The lowest BCUT2D eigenvalue weighted by molar-refractivity contribution is 0.617. The molecule has 5 heteroatoms. The summed E-state index contributed by atoms with van der Waals surface area (Å²) in [7, 11) is 0. The molecule has 2 fully saturated rings. The number of thioether (sulfide) groups is 1. The van der Waals surface area contributed by atoms with Crippen molar-refractivity contribution in [3.05, 3.63) is 29.8 Å². The number of aliphatic imine (C=N–C) groups is 1. The van der Waals surface area contributed by atoms with Gasteiger partial charge < -0.3 is 11.1 Å². The van der Waals surface area contributed by atoms with Gasteiger partial charge in [-0.1, -0.05) is 30.5 Å². The largest absolute Gasteiger partial charge is 0.370 e. The molecule has 0 atom stereocenters. The van der Waals surface area contributed by atoms with Crippen LogP contribution in [-0.2, 0) is 0 Å². The highest BCUT2D eigenvalue weighted by Gasteiger charge is 2.35. The van der Waals surface area contributed by atoms with Gasteiger partial charge in [0.15, 0.2) is 5.96 Å². The van der Waals surface area contributed by atoms with Crippen molar-refractivity contribution in [1.29, 1.82) is 0 Å². The number of nitrogens with two attached hydrogens (primary N) is 1. The Morgan fingerprint density at radius 2 is 1.91 bits per heavy atom. The van der Waals surface area contributed by atoms with Gasteiger partial charge in [-0.05, 0) is 44.7 Å². The molecule has 0 amide bonds. The second kappa shape index (κ2) is 7.90. The summed E-state index contributed by atoms with van der Waals surface area (Å²) in [6, 6.07) is 9.43. The summed E-state index contributed by atoms with van der Waals surface area (Å²) in [5.74, 6) is 0.633. The lowest BCUT2D eigenvalue weighted by atomic mass is 10.1. The molecule has 0 saturated heterocycles. The Hall–Kier alpha value is -0.430. The summed E-state index contributed by atoms with van der Waals surface area (Å²) in [5.41, 5.74) is 7.31.